The number of halogens is 1. The monoisotopic (exact) mass is 257 g/mol. The van der Waals surface area contributed by atoms with Crippen LogP contribution in [0.25, 0.3) is 0 Å². The molecule has 0 saturated heterocycles. The summed E-state index contributed by atoms with van der Waals surface area (Å²) in [6.45, 7) is 1.86. The number of hydrogen-bond acceptors (Lipinski definition) is 1. The highest BCUT2D eigenvalue weighted by Gasteiger charge is 2.15. The predicted octanol–water partition coefficient (Wildman–Crippen LogP) is 3.12. The third kappa shape index (κ3) is 2.48. The van der Waals surface area contributed by atoms with Crippen LogP contribution in [0.2, 0.25) is 0 Å². The zero-order valence-electron chi connectivity index (χ0n) is 8.07. The standard InChI is InChI=1S/C10H12BrNO2/c1-7(12(2)10(13)14)8-3-5-9(11)6-4-8/h3-7H,1-2H3,(H,13,14)/t7-/m0/s1. The molecule has 0 saturated carbocycles. The molecule has 0 bridgehead atoms. The van der Waals surface area contributed by atoms with Crippen LogP contribution in [-0.2, 0) is 0 Å². The number of carbonyl (C=O) groups is 1. The second-order valence-electron chi connectivity index (χ2n) is 3.12. The fourth-order valence-electron chi connectivity index (χ4n) is 1.13. The highest BCUT2D eigenvalue weighted by atomic mass is 79.9. The van der Waals surface area contributed by atoms with Crippen molar-refractivity contribution < 1.29 is 9.90 Å². The molecule has 1 amide bonds. The summed E-state index contributed by atoms with van der Waals surface area (Å²) in [7, 11) is 1.56. The SMILES string of the molecule is C[C@@H](c1ccc(Br)cc1)N(C)C(=O)O. The molecule has 1 aromatic rings. The van der Waals surface area contributed by atoms with Gasteiger partial charge in [-0.25, -0.2) is 4.79 Å². The highest BCUT2D eigenvalue weighted by molar-refractivity contribution is 9.10. The van der Waals surface area contributed by atoms with Crippen molar-refractivity contribution in [2.24, 2.45) is 0 Å². The molecular weight excluding hydrogens is 246 g/mol. The van der Waals surface area contributed by atoms with Gasteiger partial charge < -0.3 is 10.0 Å². The fraction of sp³-hybridized carbons (Fsp3) is 0.300. The Balaban J connectivity index is 2.84. The summed E-state index contributed by atoms with van der Waals surface area (Å²) >= 11 is 3.33. The van der Waals surface area contributed by atoms with E-state index in [1.165, 1.54) is 4.90 Å². The first-order valence-corrected chi connectivity index (χ1v) is 5.03. The predicted molar refractivity (Wildman–Crippen MR) is 58.3 cm³/mol. The Labute approximate surface area is 91.5 Å². The quantitative estimate of drug-likeness (QED) is 0.885. The molecule has 0 unspecified atom stereocenters. The Kier molecular flexibility index (Phi) is 3.52. The van der Waals surface area contributed by atoms with Gasteiger partial charge >= 0.3 is 6.09 Å². The molecule has 4 heteroatoms. The zero-order chi connectivity index (χ0) is 10.7. The zero-order valence-corrected chi connectivity index (χ0v) is 9.65. The number of amides is 1. The van der Waals surface area contributed by atoms with E-state index in [0.29, 0.717) is 0 Å². The summed E-state index contributed by atoms with van der Waals surface area (Å²) in [6, 6.07) is 7.51. The average Bonchev–Trinajstić information content (AvgIpc) is 2.16. The largest absolute Gasteiger partial charge is 0.465 e. The molecule has 1 N–H and O–H groups in total. The first-order valence-electron chi connectivity index (χ1n) is 4.23. The highest BCUT2D eigenvalue weighted by Crippen LogP contribution is 2.20. The molecule has 1 aromatic carbocycles. The van der Waals surface area contributed by atoms with Crippen molar-refractivity contribution >= 4 is 22.0 Å². The lowest BCUT2D eigenvalue weighted by Gasteiger charge is -2.22. The molecule has 1 rings (SSSR count). The van der Waals surface area contributed by atoms with E-state index in [1.54, 1.807) is 7.05 Å². The average molecular weight is 258 g/mol. The maximum Gasteiger partial charge on any atom is 0.407 e. The van der Waals surface area contributed by atoms with Crippen LogP contribution in [0.4, 0.5) is 4.79 Å². The van der Waals surface area contributed by atoms with Gasteiger partial charge in [-0.05, 0) is 24.6 Å². The number of rotatable bonds is 2. The molecule has 0 aliphatic carbocycles. The van der Waals surface area contributed by atoms with E-state index in [0.717, 1.165) is 10.0 Å². The molecule has 0 aliphatic rings. The topological polar surface area (TPSA) is 40.5 Å². The minimum absolute atomic E-state index is 0.124. The van der Waals surface area contributed by atoms with Crippen molar-refractivity contribution in [1.29, 1.82) is 0 Å². The van der Waals surface area contributed by atoms with Gasteiger partial charge in [0, 0.05) is 11.5 Å². The van der Waals surface area contributed by atoms with Gasteiger partial charge in [0.2, 0.25) is 0 Å². The van der Waals surface area contributed by atoms with Gasteiger partial charge in [-0.1, -0.05) is 28.1 Å². The Bertz CT molecular complexity index is 323. The van der Waals surface area contributed by atoms with Crippen LogP contribution >= 0.6 is 15.9 Å². The van der Waals surface area contributed by atoms with Crippen LogP contribution in [0.1, 0.15) is 18.5 Å². The van der Waals surface area contributed by atoms with Gasteiger partial charge in [0.25, 0.3) is 0 Å². The van der Waals surface area contributed by atoms with Gasteiger partial charge in [-0.3, -0.25) is 0 Å². The molecular formula is C10H12BrNO2. The summed E-state index contributed by atoms with van der Waals surface area (Å²) in [4.78, 5) is 12.0. The Morgan fingerprint density at radius 2 is 1.93 bits per heavy atom. The van der Waals surface area contributed by atoms with Crippen molar-refractivity contribution in [3.63, 3.8) is 0 Å². The minimum atomic E-state index is -0.916. The van der Waals surface area contributed by atoms with Crippen LogP contribution in [0.5, 0.6) is 0 Å². The van der Waals surface area contributed by atoms with Crippen LogP contribution in [-0.4, -0.2) is 23.1 Å². The lowest BCUT2D eigenvalue weighted by Crippen LogP contribution is -2.27. The summed E-state index contributed by atoms with van der Waals surface area (Å²) in [5.74, 6) is 0. The van der Waals surface area contributed by atoms with E-state index in [-0.39, 0.29) is 6.04 Å². The van der Waals surface area contributed by atoms with E-state index in [2.05, 4.69) is 15.9 Å². The molecule has 0 aromatic heterocycles. The molecule has 1 atom stereocenters. The summed E-state index contributed by atoms with van der Waals surface area (Å²) in [5.41, 5.74) is 0.984. The van der Waals surface area contributed by atoms with Crippen LogP contribution in [0, 0.1) is 0 Å². The van der Waals surface area contributed by atoms with Crippen molar-refractivity contribution in [3.8, 4) is 0 Å². The maximum atomic E-state index is 10.7. The van der Waals surface area contributed by atoms with E-state index in [9.17, 15) is 4.79 Å². The summed E-state index contributed by atoms with van der Waals surface area (Å²) in [5, 5.41) is 8.78. The smallest absolute Gasteiger partial charge is 0.407 e. The Hall–Kier alpha value is -1.03. The van der Waals surface area contributed by atoms with Crippen LogP contribution in [0.3, 0.4) is 0 Å². The van der Waals surface area contributed by atoms with E-state index < -0.39 is 6.09 Å². The number of carboxylic acid groups (broad SMARTS) is 1. The third-order valence-corrected chi connectivity index (χ3v) is 2.76. The van der Waals surface area contributed by atoms with Crippen LogP contribution < -0.4 is 0 Å². The minimum Gasteiger partial charge on any atom is -0.465 e. The van der Waals surface area contributed by atoms with E-state index in [4.69, 9.17) is 5.11 Å². The van der Waals surface area contributed by atoms with Crippen molar-refractivity contribution in [2.45, 2.75) is 13.0 Å². The van der Waals surface area contributed by atoms with Crippen LogP contribution in [0.15, 0.2) is 28.7 Å². The number of benzene rings is 1. The molecule has 3 nitrogen and oxygen atoms in total. The summed E-state index contributed by atoms with van der Waals surface area (Å²) in [6.07, 6.45) is -0.916. The molecule has 0 aliphatic heterocycles. The Morgan fingerprint density at radius 1 is 1.43 bits per heavy atom. The molecule has 14 heavy (non-hydrogen) atoms. The van der Waals surface area contributed by atoms with Gasteiger partial charge in [0.15, 0.2) is 0 Å². The van der Waals surface area contributed by atoms with E-state index >= 15 is 0 Å². The fourth-order valence-corrected chi connectivity index (χ4v) is 1.39. The first-order chi connectivity index (χ1) is 6.52. The van der Waals surface area contributed by atoms with Crippen molar-refractivity contribution in [2.75, 3.05) is 7.05 Å². The first kappa shape index (κ1) is 11.0. The molecule has 0 radical (unpaired) electrons. The summed E-state index contributed by atoms with van der Waals surface area (Å²) < 4.78 is 0.992. The molecule has 0 spiro atoms. The van der Waals surface area contributed by atoms with Crippen molar-refractivity contribution in [1.82, 2.24) is 4.90 Å². The van der Waals surface area contributed by atoms with Gasteiger partial charge in [0.05, 0.1) is 6.04 Å². The molecule has 0 heterocycles. The lowest BCUT2D eigenvalue weighted by molar-refractivity contribution is 0.142. The second kappa shape index (κ2) is 4.46. The van der Waals surface area contributed by atoms with Gasteiger partial charge in [0.1, 0.15) is 0 Å². The van der Waals surface area contributed by atoms with Gasteiger partial charge in [-0.15, -0.1) is 0 Å². The Morgan fingerprint density at radius 3 is 2.36 bits per heavy atom. The van der Waals surface area contributed by atoms with Crippen molar-refractivity contribution in [3.05, 3.63) is 34.3 Å². The lowest BCUT2D eigenvalue weighted by atomic mass is 10.1. The second-order valence-corrected chi connectivity index (χ2v) is 4.04. The third-order valence-electron chi connectivity index (χ3n) is 2.24. The maximum absolute atomic E-state index is 10.7. The normalized spacial score (nSPS) is 12.2. The molecule has 0 fully saturated rings. The van der Waals surface area contributed by atoms with Gasteiger partial charge in [-0.2, -0.15) is 0 Å². The number of hydrogen-bond donors (Lipinski definition) is 1. The number of nitrogens with zero attached hydrogens (tertiary/aromatic N) is 1. The molecule has 76 valence electrons. The van der Waals surface area contributed by atoms with E-state index in [1.807, 2.05) is 31.2 Å².